The van der Waals surface area contributed by atoms with Crippen molar-refractivity contribution < 1.29 is 4.74 Å². The Balaban J connectivity index is 1.71. The second-order valence-electron chi connectivity index (χ2n) is 8.06. The Bertz CT molecular complexity index is 275. The molecule has 2 saturated carbocycles. The molecule has 0 heterocycles. The van der Waals surface area contributed by atoms with Crippen LogP contribution in [0.3, 0.4) is 0 Å². The maximum atomic E-state index is 6.20. The molecule has 0 radical (unpaired) electrons. The summed E-state index contributed by atoms with van der Waals surface area (Å²) in [6.07, 6.45) is 20.5. The molecule has 2 aliphatic carbocycles. The van der Waals surface area contributed by atoms with Gasteiger partial charge in [0.2, 0.25) is 0 Å². The van der Waals surface area contributed by atoms with Gasteiger partial charge in [0, 0.05) is 6.61 Å². The molecule has 4 atom stereocenters. The van der Waals surface area contributed by atoms with Gasteiger partial charge in [-0.05, 0) is 49.9 Å². The summed E-state index contributed by atoms with van der Waals surface area (Å²) < 4.78 is 6.20. The Morgan fingerprint density at radius 3 is 2.27 bits per heavy atom. The smallest absolute Gasteiger partial charge is 0.0577 e. The van der Waals surface area contributed by atoms with E-state index in [-0.39, 0.29) is 0 Å². The third-order valence-electron chi connectivity index (χ3n) is 6.22. The van der Waals surface area contributed by atoms with Crippen LogP contribution in [-0.4, -0.2) is 12.7 Å². The van der Waals surface area contributed by atoms with Gasteiger partial charge in [0.05, 0.1) is 6.10 Å². The lowest BCUT2D eigenvalue weighted by atomic mass is 9.69. The van der Waals surface area contributed by atoms with Crippen molar-refractivity contribution in [3.8, 4) is 0 Å². The molecular formula is C21H40O. The highest BCUT2D eigenvalue weighted by molar-refractivity contribution is 4.83. The molecule has 22 heavy (non-hydrogen) atoms. The summed E-state index contributed by atoms with van der Waals surface area (Å²) in [6, 6.07) is 0. The highest BCUT2D eigenvalue weighted by Crippen LogP contribution is 2.42. The summed E-state index contributed by atoms with van der Waals surface area (Å²) in [5, 5.41) is 0. The van der Waals surface area contributed by atoms with Crippen LogP contribution in [-0.2, 0) is 4.74 Å². The van der Waals surface area contributed by atoms with Crippen LogP contribution in [0, 0.1) is 17.8 Å². The minimum absolute atomic E-state index is 0.589. The molecule has 0 aromatic heterocycles. The van der Waals surface area contributed by atoms with Crippen molar-refractivity contribution >= 4 is 0 Å². The lowest BCUT2D eigenvalue weighted by Gasteiger charge is -2.39. The minimum atomic E-state index is 0.589. The Labute approximate surface area is 139 Å². The van der Waals surface area contributed by atoms with E-state index < -0.39 is 0 Å². The molecule has 0 aromatic rings. The maximum Gasteiger partial charge on any atom is 0.0577 e. The van der Waals surface area contributed by atoms with Crippen molar-refractivity contribution in [2.24, 2.45) is 17.8 Å². The van der Waals surface area contributed by atoms with Crippen molar-refractivity contribution in [3.63, 3.8) is 0 Å². The van der Waals surface area contributed by atoms with Crippen molar-refractivity contribution in [1.29, 1.82) is 0 Å². The van der Waals surface area contributed by atoms with Crippen LogP contribution < -0.4 is 0 Å². The molecule has 1 heteroatoms. The van der Waals surface area contributed by atoms with Crippen molar-refractivity contribution in [2.75, 3.05) is 6.61 Å². The van der Waals surface area contributed by atoms with Crippen molar-refractivity contribution in [2.45, 2.75) is 110 Å². The van der Waals surface area contributed by atoms with Crippen molar-refractivity contribution in [3.05, 3.63) is 0 Å². The van der Waals surface area contributed by atoms with Crippen LogP contribution in [0.1, 0.15) is 104 Å². The summed E-state index contributed by atoms with van der Waals surface area (Å²) in [5.74, 6) is 3.05. The summed E-state index contributed by atoms with van der Waals surface area (Å²) in [5.41, 5.74) is 0. The summed E-state index contributed by atoms with van der Waals surface area (Å²) >= 11 is 0. The first-order valence-electron chi connectivity index (χ1n) is 10.4. The van der Waals surface area contributed by atoms with Gasteiger partial charge in [-0.25, -0.2) is 0 Å². The van der Waals surface area contributed by atoms with Gasteiger partial charge in [0.15, 0.2) is 0 Å². The lowest BCUT2D eigenvalue weighted by Crippen LogP contribution is -2.30. The molecular weight excluding hydrogens is 268 g/mol. The van der Waals surface area contributed by atoms with Crippen LogP contribution in [0.4, 0.5) is 0 Å². The lowest BCUT2D eigenvalue weighted by molar-refractivity contribution is -0.00464. The highest BCUT2D eigenvalue weighted by Gasteiger charge is 2.32. The van der Waals surface area contributed by atoms with Gasteiger partial charge in [0.25, 0.3) is 0 Å². The molecule has 0 N–H and O–H groups in total. The number of hydrogen-bond acceptors (Lipinski definition) is 1. The number of unbranched alkanes of at least 4 members (excludes halogenated alkanes) is 3. The molecule has 130 valence electrons. The Hall–Kier alpha value is -0.0400. The van der Waals surface area contributed by atoms with Crippen LogP contribution >= 0.6 is 0 Å². The first-order chi connectivity index (χ1) is 10.8. The van der Waals surface area contributed by atoms with Gasteiger partial charge in [-0.1, -0.05) is 71.6 Å². The van der Waals surface area contributed by atoms with E-state index in [1.165, 1.54) is 89.9 Å². The van der Waals surface area contributed by atoms with Crippen LogP contribution in [0.2, 0.25) is 0 Å². The highest BCUT2D eigenvalue weighted by atomic mass is 16.5. The standard InChI is InChI=1S/C21H40O/c1-3-5-7-15-22-21-14-9-13-20(17-21)19-12-8-11-18(16-19)10-6-4-2/h18-21H,3-17H2,1-2H3. The maximum absolute atomic E-state index is 6.20. The van der Waals surface area contributed by atoms with E-state index in [1.807, 2.05) is 0 Å². The predicted molar refractivity (Wildman–Crippen MR) is 96.2 cm³/mol. The van der Waals surface area contributed by atoms with E-state index in [4.69, 9.17) is 4.74 Å². The van der Waals surface area contributed by atoms with E-state index >= 15 is 0 Å². The van der Waals surface area contributed by atoms with Gasteiger partial charge in [-0.2, -0.15) is 0 Å². The molecule has 2 rings (SSSR count). The molecule has 1 nitrogen and oxygen atoms in total. The molecule has 0 saturated heterocycles. The topological polar surface area (TPSA) is 9.23 Å². The van der Waals surface area contributed by atoms with Gasteiger partial charge in [-0.15, -0.1) is 0 Å². The van der Waals surface area contributed by atoms with E-state index in [0.29, 0.717) is 6.10 Å². The first-order valence-corrected chi connectivity index (χ1v) is 10.4. The van der Waals surface area contributed by atoms with Crippen LogP contribution in [0.25, 0.3) is 0 Å². The fourth-order valence-corrected chi connectivity index (χ4v) is 4.88. The minimum Gasteiger partial charge on any atom is -0.378 e. The number of hydrogen-bond donors (Lipinski definition) is 0. The average molecular weight is 309 g/mol. The second-order valence-corrected chi connectivity index (χ2v) is 8.06. The quantitative estimate of drug-likeness (QED) is 0.428. The van der Waals surface area contributed by atoms with E-state index in [0.717, 1.165) is 24.4 Å². The summed E-state index contributed by atoms with van der Waals surface area (Å²) in [6.45, 7) is 5.62. The fourth-order valence-electron chi connectivity index (χ4n) is 4.88. The number of ether oxygens (including phenoxy) is 1. The summed E-state index contributed by atoms with van der Waals surface area (Å²) in [7, 11) is 0. The van der Waals surface area contributed by atoms with Crippen molar-refractivity contribution in [1.82, 2.24) is 0 Å². The largest absolute Gasteiger partial charge is 0.378 e. The fraction of sp³-hybridized carbons (Fsp3) is 1.00. The second kappa shape index (κ2) is 10.7. The Morgan fingerprint density at radius 1 is 0.773 bits per heavy atom. The molecule has 0 aliphatic heterocycles. The SMILES string of the molecule is CCCCCOC1CCCC(C2CCCC(CCCC)C2)C1. The van der Waals surface area contributed by atoms with Crippen LogP contribution in [0.15, 0.2) is 0 Å². The predicted octanol–water partition coefficient (Wildman–Crippen LogP) is 6.75. The zero-order chi connectivity index (χ0) is 15.6. The Morgan fingerprint density at radius 2 is 1.50 bits per heavy atom. The van der Waals surface area contributed by atoms with Gasteiger partial charge in [-0.3, -0.25) is 0 Å². The van der Waals surface area contributed by atoms with Gasteiger partial charge in [0.1, 0.15) is 0 Å². The monoisotopic (exact) mass is 308 g/mol. The van der Waals surface area contributed by atoms with Gasteiger partial charge < -0.3 is 4.74 Å². The molecule has 2 fully saturated rings. The third kappa shape index (κ3) is 6.22. The zero-order valence-electron chi connectivity index (χ0n) is 15.3. The molecule has 0 spiro atoms. The Kier molecular flexibility index (Phi) is 8.89. The van der Waals surface area contributed by atoms with E-state index in [2.05, 4.69) is 13.8 Å². The molecule has 4 unspecified atom stereocenters. The van der Waals surface area contributed by atoms with E-state index in [1.54, 1.807) is 0 Å². The zero-order valence-corrected chi connectivity index (χ0v) is 15.3. The summed E-state index contributed by atoms with van der Waals surface area (Å²) in [4.78, 5) is 0. The first kappa shape index (κ1) is 18.3. The normalized spacial score (nSPS) is 33.0. The molecule has 2 aliphatic rings. The van der Waals surface area contributed by atoms with E-state index in [9.17, 15) is 0 Å². The third-order valence-corrected chi connectivity index (χ3v) is 6.22. The molecule has 0 bridgehead atoms. The van der Waals surface area contributed by atoms with Gasteiger partial charge >= 0.3 is 0 Å². The number of rotatable bonds is 9. The molecule has 0 aromatic carbocycles. The van der Waals surface area contributed by atoms with Crippen LogP contribution in [0.5, 0.6) is 0 Å². The molecule has 0 amide bonds. The average Bonchev–Trinajstić information content (AvgIpc) is 2.57.